The molecule has 2 atom stereocenters. The molecule has 0 fully saturated rings. The van der Waals surface area contributed by atoms with Gasteiger partial charge in [0.05, 0.1) is 19.3 Å². The Hall–Kier alpha value is -1.13. The second-order valence-corrected chi connectivity index (χ2v) is 5.90. The van der Waals surface area contributed by atoms with Crippen LogP contribution in [0.25, 0.3) is 0 Å². The maximum Gasteiger partial charge on any atom is 0.305 e. The molecule has 0 saturated carbocycles. The SMILES string of the molecule is CCCCCC=CC(O)C=CC(O)CCCCCCC(=O)OC. The zero-order valence-electron chi connectivity index (χ0n) is 14.7. The van der Waals surface area contributed by atoms with Crippen LogP contribution >= 0.6 is 0 Å². The molecule has 0 saturated heterocycles. The number of allylic oxidation sites excluding steroid dienone is 1. The fourth-order valence-electron chi connectivity index (χ4n) is 2.23. The number of hydrogen-bond acceptors (Lipinski definition) is 4. The molecular weight excluding hydrogens is 292 g/mol. The van der Waals surface area contributed by atoms with E-state index in [-0.39, 0.29) is 5.97 Å². The highest BCUT2D eigenvalue weighted by atomic mass is 16.5. The molecule has 0 radical (unpaired) electrons. The van der Waals surface area contributed by atoms with E-state index in [4.69, 9.17) is 0 Å². The van der Waals surface area contributed by atoms with Gasteiger partial charge in [0.2, 0.25) is 0 Å². The number of hydrogen-bond donors (Lipinski definition) is 2. The minimum atomic E-state index is -0.619. The lowest BCUT2D eigenvalue weighted by Crippen LogP contribution is -2.05. The van der Waals surface area contributed by atoms with Gasteiger partial charge >= 0.3 is 5.97 Å². The van der Waals surface area contributed by atoms with Crippen molar-refractivity contribution in [1.29, 1.82) is 0 Å². The topological polar surface area (TPSA) is 66.8 Å². The van der Waals surface area contributed by atoms with Gasteiger partial charge in [0.15, 0.2) is 0 Å². The highest BCUT2D eigenvalue weighted by molar-refractivity contribution is 5.68. The second-order valence-electron chi connectivity index (χ2n) is 5.90. The van der Waals surface area contributed by atoms with Crippen LogP contribution in [0.2, 0.25) is 0 Å². The highest BCUT2D eigenvalue weighted by Gasteiger charge is 2.02. The lowest BCUT2D eigenvalue weighted by atomic mass is 10.1. The summed E-state index contributed by atoms with van der Waals surface area (Å²) in [5, 5.41) is 19.6. The van der Waals surface area contributed by atoms with Crippen molar-refractivity contribution in [3.63, 3.8) is 0 Å². The van der Waals surface area contributed by atoms with E-state index in [1.807, 2.05) is 6.08 Å². The summed E-state index contributed by atoms with van der Waals surface area (Å²) < 4.78 is 4.58. The first-order chi connectivity index (χ1) is 11.1. The summed E-state index contributed by atoms with van der Waals surface area (Å²) in [4.78, 5) is 10.9. The Balaban J connectivity index is 3.63. The van der Waals surface area contributed by atoms with E-state index < -0.39 is 12.2 Å². The Morgan fingerprint density at radius 1 is 1.00 bits per heavy atom. The first-order valence-electron chi connectivity index (χ1n) is 8.88. The van der Waals surface area contributed by atoms with Gasteiger partial charge in [-0.05, 0) is 25.7 Å². The Labute approximate surface area is 141 Å². The normalized spacial score (nSPS) is 14.4. The Kier molecular flexibility index (Phi) is 15.0. The minimum Gasteiger partial charge on any atom is -0.469 e. The van der Waals surface area contributed by atoms with Gasteiger partial charge in [-0.1, -0.05) is 63.3 Å². The Morgan fingerprint density at radius 2 is 1.74 bits per heavy atom. The van der Waals surface area contributed by atoms with Crippen LogP contribution in [-0.4, -0.2) is 35.5 Å². The van der Waals surface area contributed by atoms with Crippen LogP contribution in [-0.2, 0) is 9.53 Å². The number of carbonyl (C=O) groups excluding carboxylic acids is 1. The molecule has 0 aliphatic carbocycles. The molecule has 4 nitrogen and oxygen atoms in total. The van der Waals surface area contributed by atoms with Gasteiger partial charge in [-0.25, -0.2) is 0 Å². The van der Waals surface area contributed by atoms with E-state index in [9.17, 15) is 15.0 Å². The van der Waals surface area contributed by atoms with Crippen LogP contribution in [0.15, 0.2) is 24.3 Å². The van der Waals surface area contributed by atoms with Gasteiger partial charge < -0.3 is 14.9 Å². The van der Waals surface area contributed by atoms with Crippen molar-refractivity contribution in [2.24, 2.45) is 0 Å². The number of aliphatic hydroxyl groups excluding tert-OH is 2. The van der Waals surface area contributed by atoms with Gasteiger partial charge in [-0.3, -0.25) is 4.79 Å². The zero-order valence-corrected chi connectivity index (χ0v) is 14.7. The summed E-state index contributed by atoms with van der Waals surface area (Å²) in [5.41, 5.74) is 0. The van der Waals surface area contributed by atoms with Crippen LogP contribution < -0.4 is 0 Å². The summed E-state index contributed by atoms with van der Waals surface area (Å²) in [7, 11) is 1.40. The molecule has 0 aromatic rings. The standard InChI is InChI=1S/C19H34O4/c1-3-4-5-6-9-12-17(20)15-16-18(21)13-10-7-8-11-14-19(22)23-2/h9,12,15-18,20-21H,3-8,10-11,13-14H2,1-2H3. The monoisotopic (exact) mass is 326 g/mol. The average Bonchev–Trinajstić information content (AvgIpc) is 2.55. The van der Waals surface area contributed by atoms with Crippen molar-refractivity contribution >= 4 is 5.97 Å². The molecule has 0 amide bonds. The maximum atomic E-state index is 10.9. The number of rotatable bonds is 14. The number of methoxy groups -OCH3 is 1. The molecule has 134 valence electrons. The van der Waals surface area contributed by atoms with Crippen molar-refractivity contribution in [3.8, 4) is 0 Å². The number of unbranched alkanes of at least 4 members (excludes halogenated alkanes) is 6. The lowest BCUT2D eigenvalue weighted by Gasteiger charge is -2.06. The predicted molar refractivity (Wildman–Crippen MR) is 94.2 cm³/mol. The molecule has 0 spiro atoms. The lowest BCUT2D eigenvalue weighted by molar-refractivity contribution is -0.140. The summed E-state index contributed by atoms with van der Waals surface area (Å²) in [6, 6.07) is 0. The molecule has 2 unspecified atom stereocenters. The summed E-state index contributed by atoms with van der Waals surface area (Å²) in [6.07, 6.45) is 15.3. The number of aliphatic hydroxyl groups is 2. The molecule has 0 aliphatic rings. The Bertz CT molecular complexity index is 336. The minimum absolute atomic E-state index is 0.162. The van der Waals surface area contributed by atoms with E-state index in [2.05, 4.69) is 11.7 Å². The summed E-state index contributed by atoms with van der Waals surface area (Å²) >= 11 is 0. The van der Waals surface area contributed by atoms with Gasteiger partial charge in [-0.15, -0.1) is 0 Å². The molecule has 0 heterocycles. The van der Waals surface area contributed by atoms with Crippen LogP contribution in [0, 0.1) is 0 Å². The average molecular weight is 326 g/mol. The quantitative estimate of drug-likeness (QED) is 0.288. The number of esters is 1. The molecule has 0 aliphatic heterocycles. The van der Waals surface area contributed by atoms with E-state index in [0.717, 1.165) is 38.5 Å². The predicted octanol–water partition coefficient (Wildman–Crippen LogP) is 3.91. The number of carbonyl (C=O) groups is 1. The first kappa shape index (κ1) is 21.9. The van der Waals surface area contributed by atoms with E-state index in [1.165, 1.54) is 20.0 Å². The van der Waals surface area contributed by atoms with Gasteiger partial charge in [-0.2, -0.15) is 0 Å². The molecule has 23 heavy (non-hydrogen) atoms. The maximum absolute atomic E-state index is 10.9. The fraction of sp³-hybridized carbons (Fsp3) is 0.737. The first-order valence-corrected chi connectivity index (χ1v) is 8.88. The van der Waals surface area contributed by atoms with Crippen LogP contribution in [0.1, 0.15) is 71.1 Å². The fourth-order valence-corrected chi connectivity index (χ4v) is 2.23. The molecule has 0 rings (SSSR count). The second kappa shape index (κ2) is 15.8. The van der Waals surface area contributed by atoms with Crippen LogP contribution in [0.3, 0.4) is 0 Å². The smallest absolute Gasteiger partial charge is 0.305 e. The zero-order chi connectivity index (χ0) is 17.3. The van der Waals surface area contributed by atoms with Crippen LogP contribution in [0.4, 0.5) is 0 Å². The van der Waals surface area contributed by atoms with Crippen LogP contribution in [0.5, 0.6) is 0 Å². The largest absolute Gasteiger partial charge is 0.469 e. The highest BCUT2D eigenvalue weighted by Crippen LogP contribution is 2.09. The third kappa shape index (κ3) is 15.5. The third-order valence-corrected chi connectivity index (χ3v) is 3.70. The van der Waals surface area contributed by atoms with E-state index >= 15 is 0 Å². The third-order valence-electron chi connectivity index (χ3n) is 3.70. The van der Waals surface area contributed by atoms with Crippen molar-refractivity contribution in [1.82, 2.24) is 0 Å². The van der Waals surface area contributed by atoms with E-state index in [0.29, 0.717) is 12.8 Å². The van der Waals surface area contributed by atoms with Crippen molar-refractivity contribution in [2.75, 3.05) is 7.11 Å². The summed E-state index contributed by atoms with van der Waals surface area (Å²) in [6.45, 7) is 2.17. The van der Waals surface area contributed by atoms with E-state index in [1.54, 1.807) is 18.2 Å². The van der Waals surface area contributed by atoms with Gasteiger partial charge in [0.1, 0.15) is 0 Å². The molecule has 4 heteroatoms. The molecule has 2 N–H and O–H groups in total. The summed E-state index contributed by atoms with van der Waals surface area (Å²) in [5.74, 6) is -0.162. The molecule has 0 bridgehead atoms. The Morgan fingerprint density at radius 3 is 2.43 bits per heavy atom. The number of ether oxygens (including phenoxy) is 1. The van der Waals surface area contributed by atoms with Crippen molar-refractivity contribution < 1.29 is 19.7 Å². The molecule has 0 aromatic heterocycles. The molecule has 0 aromatic carbocycles. The van der Waals surface area contributed by atoms with Crippen molar-refractivity contribution in [2.45, 2.75) is 83.3 Å². The van der Waals surface area contributed by atoms with Crippen molar-refractivity contribution in [3.05, 3.63) is 24.3 Å². The van der Waals surface area contributed by atoms with Gasteiger partial charge in [0, 0.05) is 6.42 Å². The van der Waals surface area contributed by atoms with Gasteiger partial charge in [0.25, 0.3) is 0 Å². The molecular formula is C19H34O4.